The van der Waals surface area contributed by atoms with Crippen molar-refractivity contribution < 1.29 is 4.74 Å². The van der Waals surface area contributed by atoms with Crippen molar-refractivity contribution in [1.82, 2.24) is 9.97 Å². The van der Waals surface area contributed by atoms with E-state index in [0.717, 1.165) is 30.9 Å². The van der Waals surface area contributed by atoms with E-state index in [0.29, 0.717) is 17.3 Å². The molecule has 0 bridgehead atoms. The number of halogens is 1. The molecule has 0 amide bonds. The Morgan fingerprint density at radius 3 is 2.78 bits per heavy atom. The number of anilines is 1. The van der Waals surface area contributed by atoms with Crippen LogP contribution in [0, 0.1) is 0 Å². The van der Waals surface area contributed by atoms with Gasteiger partial charge in [-0.1, -0.05) is 25.4 Å². The summed E-state index contributed by atoms with van der Waals surface area (Å²) in [5.74, 6) is 1.88. The van der Waals surface area contributed by atoms with Gasteiger partial charge in [-0.3, -0.25) is 0 Å². The number of hydrogen-bond donors (Lipinski definition) is 1. The molecule has 2 rings (SSSR count). The molecule has 4 nitrogen and oxygen atoms in total. The van der Waals surface area contributed by atoms with Crippen LogP contribution in [0.15, 0.2) is 6.07 Å². The lowest BCUT2D eigenvalue weighted by Gasteiger charge is -2.15. The van der Waals surface area contributed by atoms with Crippen LogP contribution >= 0.6 is 11.6 Å². The van der Waals surface area contributed by atoms with Gasteiger partial charge in [0.15, 0.2) is 0 Å². The second-order valence-electron chi connectivity index (χ2n) is 5.10. The van der Waals surface area contributed by atoms with Gasteiger partial charge >= 0.3 is 0 Å². The molecular formula is C13H20ClN3O. The molecule has 1 aliphatic rings. The second kappa shape index (κ2) is 5.85. The minimum Gasteiger partial charge on any atom is -0.381 e. The van der Waals surface area contributed by atoms with E-state index in [4.69, 9.17) is 16.3 Å². The Bertz CT molecular complexity index is 411. The molecule has 0 radical (unpaired) electrons. The van der Waals surface area contributed by atoms with Gasteiger partial charge in [-0.05, 0) is 19.3 Å². The molecule has 1 saturated carbocycles. The first-order chi connectivity index (χ1) is 8.58. The van der Waals surface area contributed by atoms with Crippen LogP contribution in [-0.2, 0) is 4.74 Å². The van der Waals surface area contributed by atoms with Gasteiger partial charge in [0.2, 0.25) is 0 Å². The summed E-state index contributed by atoms with van der Waals surface area (Å²) < 4.78 is 5.37. The fourth-order valence-corrected chi connectivity index (χ4v) is 2.45. The molecule has 2 unspecified atom stereocenters. The van der Waals surface area contributed by atoms with Crippen molar-refractivity contribution in [2.75, 3.05) is 12.4 Å². The number of ether oxygens (including phenoxy) is 1. The van der Waals surface area contributed by atoms with Crippen LogP contribution in [0.5, 0.6) is 0 Å². The SMILES string of the molecule is COC1CCC(Nc2cc(Cl)nc(C(C)C)n2)C1. The lowest BCUT2D eigenvalue weighted by atomic mass is 10.2. The van der Waals surface area contributed by atoms with Gasteiger partial charge in [0.1, 0.15) is 16.8 Å². The van der Waals surface area contributed by atoms with Crippen LogP contribution in [-0.4, -0.2) is 29.2 Å². The molecule has 1 N–H and O–H groups in total. The first-order valence-electron chi connectivity index (χ1n) is 6.42. The summed E-state index contributed by atoms with van der Waals surface area (Å²) in [6.07, 6.45) is 3.60. The highest BCUT2D eigenvalue weighted by Crippen LogP contribution is 2.25. The molecule has 0 saturated heterocycles. The van der Waals surface area contributed by atoms with E-state index >= 15 is 0 Å². The lowest BCUT2D eigenvalue weighted by molar-refractivity contribution is 0.108. The van der Waals surface area contributed by atoms with Crippen molar-refractivity contribution in [3.05, 3.63) is 17.0 Å². The van der Waals surface area contributed by atoms with Gasteiger partial charge in [-0.15, -0.1) is 0 Å². The molecule has 0 aromatic carbocycles. The third-order valence-corrected chi connectivity index (χ3v) is 3.49. The zero-order chi connectivity index (χ0) is 13.1. The fraction of sp³-hybridized carbons (Fsp3) is 0.692. The highest BCUT2D eigenvalue weighted by Gasteiger charge is 2.24. The lowest BCUT2D eigenvalue weighted by Crippen LogP contribution is -2.18. The molecule has 1 aromatic heterocycles. The van der Waals surface area contributed by atoms with Gasteiger partial charge in [0.25, 0.3) is 0 Å². The van der Waals surface area contributed by atoms with Gasteiger partial charge in [-0.2, -0.15) is 0 Å². The molecule has 100 valence electrons. The van der Waals surface area contributed by atoms with E-state index in [9.17, 15) is 0 Å². The molecule has 2 atom stereocenters. The predicted octanol–water partition coefficient (Wildman–Crippen LogP) is 3.23. The van der Waals surface area contributed by atoms with Crippen LogP contribution in [0.1, 0.15) is 44.9 Å². The maximum absolute atomic E-state index is 6.02. The van der Waals surface area contributed by atoms with Gasteiger partial charge in [-0.25, -0.2) is 9.97 Å². The maximum atomic E-state index is 6.02. The van der Waals surface area contributed by atoms with E-state index in [-0.39, 0.29) is 5.92 Å². The van der Waals surface area contributed by atoms with Gasteiger partial charge in [0, 0.05) is 25.1 Å². The predicted molar refractivity (Wildman–Crippen MR) is 73.2 cm³/mol. The molecular weight excluding hydrogens is 250 g/mol. The zero-order valence-corrected chi connectivity index (χ0v) is 11.9. The van der Waals surface area contributed by atoms with Crippen molar-refractivity contribution in [2.24, 2.45) is 0 Å². The zero-order valence-electron chi connectivity index (χ0n) is 11.1. The monoisotopic (exact) mass is 269 g/mol. The number of nitrogens with zero attached hydrogens (tertiary/aromatic N) is 2. The maximum Gasteiger partial charge on any atom is 0.135 e. The third kappa shape index (κ3) is 3.33. The Morgan fingerprint density at radius 1 is 1.39 bits per heavy atom. The highest BCUT2D eigenvalue weighted by molar-refractivity contribution is 6.29. The number of nitrogens with one attached hydrogen (secondary N) is 1. The summed E-state index contributed by atoms with van der Waals surface area (Å²) in [7, 11) is 1.77. The minimum atomic E-state index is 0.277. The third-order valence-electron chi connectivity index (χ3n) is 3.30. The summed E-state index contributed by atoms with van der Waals surface area (Å²) in [5, 5.41) is 3.92. The van der Waals surface area contributed by atoms with E-state index in [2.05, 4.69) is 29.1 Å². The number of hydrogen-bond acceptors (Lipinski definition) is 4. The smallest absolute Gasteiger partial charge is 0.135 e. The summed E-state index contributed by atoms with van der Waals surface area (Å²) >= 11 is 6.02. The molecule has 1 aromatic rings. The van der Waals surface area contributed by atoms with E-state index < -0.39 is 0 Å². The number of rotatable bonds is 4. The molecule has 1 aliphatic carbocycles. The van der Waals surface area contributed by atoms with Crippen LogP contribution in [0.3, 0.4) is 0 Å². The van der Waals surface area contributed by atoms with Crippen LogP contribution < -0.4 is 5.32 Å². The Labute approximate surface area is 113 Å². The molecule has 5 heteroatoms. The molecule has 0 aliphatic heterocycles. The van der Waals surface area contributed by atoms with Gasteiger partial charge in [0.05, 0.1) is 6.10 Å². The molecule has 1 heterocycles. The van der Waals surface area contributed by atoms with Crippen molar-refractivity contribution in [2.45, 2.75) is 51.2 Å². The molecule has 0 spiro atoms. The summed E-state index contributed by atoms with van der Waals surface area (Å²) in [5.41, 5.74) is 0. The van der Waals surface area contributed by atoms with Crippen LogP contribution in [0.25, 0.3) is 0 Å². The second-order valence-corrected chi connectivity index (χ2v) is 5.49. The van der Waals surface area contributed by atoms with Crippen molar-refractivity contribution in [3.8, 4) is 0 Å². The summed E-state index contributed by atoms with van der Waals surface area (Å²) in [6.45, 7) is 4.12. The Kier molecular flexibility index (Phi) is 4.40. The standard InChI is InChI=1S/C13H20ClN3O/c1-8(2)13-16-11(14)7-12(17-13)15-9-4-5-10(6-9)18-3/h7-10H,4-6H2,1-3H3,(H,15,16,17). The molecule has 18 heavy (non-hydrogen) atoms. The van der Waals surface area contributed by atoms with E-state index in [1.807, 2.05) is 0 Å². The number of methoxy groups -OCH3 is 1. The van der Waals surface area contributed by atoms with Crippen LogP contribution in [0.4, 0.5) is 5.82 Å². The minimum absolute atomic E-state index is 0.277. The van der Waals surface area contributed by atoms with E-state index in [1.165, 1.54) is 0 Å². The Hall–Kier alpha value is -0.870. The topological polar surface area (TPSA) is 47.0 Å². The number of aromatic nitrogens is 2. The highest BCUT2D eigenvalue weighted by atomic mass is 35.5. The van der Waals surface area contributed by atoms with Crippen molar-refractivity contribution in [1.29, 1.82) is 0 Å². The first kappa shape index (κ1) is 13.6. The van der Waals surface area contributed by atoms with Crippen molar-refractivity contribution >= 4 is 17.4 Å². The normalized spacial score (nSPS) is 23.6. The van der Waals surface area contributed by atoms with Crippen molar-refractivity contribution in [3.63, 3.8) is 0 Å². The average Bonchev–Trinajstić information content (AvgIpc) is 2.76. The Morgan fingerprint density at radius 2 is 2.17 bits per heavy atom. The molecule has 1 fully saturated rings. The Balaban J connectivity index is 2.05. The van der Waals surface area contributed by atoms with E-state index in [1.54, 1.807) is 13.2 Å². The first-order valence-corrected chi connectivity index (χ1v) is 6.80. The summed E-state index contributed by atoms with van der Waals surface area (Å²) in [6, 6.07) is 2.20. The van der Waals surface area contributed by atoms with Gasteiger partial charge < -0.3 is 10.1 Å². The largest absolute Gasteiger partial charge is 0.381 e. The fourth-order valence-electron chi connectivity index (χ4n) is 2.26. The quantitative estimate of drug-likeness (QED) is 0.853. The summed E-state index contributed by atoms with van der Waals surface area (Å²) in [4.78, 5) is 8.73. The average molecular weight is 270 g/mol. The van der Waals surface area contributed by atoms with Crippen LogP contribution in [0.2, 0.25) is 5.15 Å².